The maximum atomic E-state index is 4.07. The van der Waals surface area contributed by atoms with Gasteiger partial charge in [0, 0.05) is 18.6 Å². The summed E-state index contributed by atoms with van der Waals surface area (Å²) in [5.41, 5.74) is 1.07. The smallest absolute Gasteiger partial charge is 0.0862 e. The molecule has 0 fully saturated rings. The van der Waals surface area contributed by atoms with Crippen molar-refractivity contribution in [2.24, 2.45) is 7.05 Å². The normalized spacial score (nSPS) is 10.5. The van der Waals surface area contributed by atoms with E-state index in [2.05, 4.69) is 10.1 Å². The Bertz CT molecular complexity index is 350. The van der Waals surface area contributed by atoms with Crippen molar-refractivity contribution in [1.29, 1.82) is 0 Å². The first-order chi connectivity index (χ1) is 4.88. The lowest BCUT2D eigenvalue weighted by molar-refractivity contribution is 0.795. The van der Waals surface area contributed by atoms with Crippen LogP contribution in [0.25, 0.3) is 10.9 Å². The van der Waals surface area contributed by atoms with Crippen LogP contribution >= 0.6 is 0 Å². The summed E-state index contributed by atoms with van der Waals surface area (Å²) in [6.07, 6.45) is 5.41. The molecule has 2 heterocycles. The lowest BCUT2D eigenvalue weighted by Crippen LogP contribution is -1.88. The maximum Gasteiger partial charge on any atom is 0.0862 e. The molecule has 0 aromatic carbocycles. The van der Waals surface area contributed by atoms with Crippen LogP contribution in [0.15, 0.2) is 24.7 Å². The fraction of sp³-hybridized carbons (Fsp3) is 0.143. The van der Waals surface area contributed by atoms with Gasteiger partial charge in [-0.05, 0) is 6.07 Å². The van der Waals surface area contributed by atoms with E-state index in [4.69, 9.17) is 0 Å². The molecule has 2 rings (SSSR count). The van der Waals surface area contributed by atoms with Crippen molar-refractivity contribution < 1.29 is 0 Å². The van der Waals surface area contributed by atoms with Crippen molar-refractivity contribution in [2.45, 2.75) is 0 Å². The van der Waals surface area contributed by atoms with Gasteiger partial charge in [0.15, 0.2) is 0 Å². The summed E-state index contributed by atoms with van der Waals surface area (Å²) in [6, 6.07) is 1.95. The van der Waals surface area contributed by atoms with Crippen LogP contribution in [0.3, 0.4) is 0 Å². The predicted octanol–water partition coefficient (Wildman–Crippen LogP) is 0.968. The van der Waals surface area contributed by atoms with Gasteiger partial charge in [0.1, 0.15) is 0 Å². The number of aryl methyl sites for hydroxylation is 1. The zero-order valence-electron chi connectivity index (χ0n) is 5.65. The topological polar surface area (TPSA) is 30.7 Å². The van der Waals surface area contributed by atoms with Crippen LogP contribution in [0.4, 0.5) is 0 Å². The van der Waals surface area contributed by atoms with Crippen molar-refractivity contribution in [2.75, 3.05) is 0 Å². The Balaban J connectivity index is 2.93. The molecular formula is C7H7N3. The van der Waals surface area contributed by atoms with Crippen LogP contribution in [-0.4, -0.2) is 14.8 Å². The van der Waals surface area contributed by atoms with Crippen molar-refractivity contribution in [3.8, 4) is 0 Å². The number of hydrogen-bond donors (Lipinski definition) is 0. The number of aromatic nitrogens is 3. The largest absolute Gasteiger partial charge is 0.266 e. The van der Waals surface area contributed by atoms with E-state index in [1.54, 1.807) is 6.20 Å². The Hall–Kier alpha value is -1.38. The second-order valence-corrected chi connectivity index (χ2v) is 2.20. The third-order valence-electron chi connectivity index (χ3n) is 1.55. The summed E-state index contributed by atoms with van der Waals surface area (Å²) in [7, 11) is 1.91. The van der Waals surface area contributed by atoms with E-state index in [1.165, 1.54) is 0 Å². The number of nitrogens with zero attached hydrogens (tertiary/aromatic N) is 3. The molecule has 0 bridgehead atoms. The molecule has 3 nitrogen and oxygen atoms in total. The molecule has 0 saturated carbocycles. The van der Waals surface area contributed by atoms with Crippen LogP contribution in [0.2, 0.25) is 0 Å². The number of fused-ring (bicyclic) bond motifs is 1. The zero-order chi connectivity index (χ0) is 6.97. The summed E-state index contributed by atoms with van der Waals surface area (Å²) < 4.78 is 1.81. The second kappa shape index (κ2) is 1.80. The second-order valence-electron chi connectivity index (χ2n) is 2.20. The third-order valence-corrected chi connectivity index (χ3v) is 1.55. The lowest BCUT2D eigenvalue weighted by Gasteiger charge is -1.89. The van der Waals surface area contributed by atoms with Gasteiger partial charge in [-0.3, -0.25) is 9.67 Å². The Morgan fingerprint density at radius 3 is 3.10 bits per heavy atom. The monoisotopic (exact) mass is 133 g/mol. The van der Waals surface area contributed by atoms with E-state index < -0.39 is 0 Å². The molecule has 0 radical (unpaired) electrons. The summed E-state index contributed by atoms with van der Waals surface area (Å²) in [4.78, 5) is 3.99. The molecule has 0 amide bonds. The first-order valence-electron chi connectivity index (χ1n) is 3.09. The molecule has 3 heteroatoms. The van der Waals surface area contributed by atoms with Crippen molar-refractivity contribution >= 4 is 10.9 Å². The lowest BCUT2D eigenvalue weighted by atomic mass is 10.3. The van der Waals surface area contributed by atoms with Gasteiger partial charge < -0.3 is 0 Å². The van der Waals surface area contributed by atoms with Crippen LogP contribution < -0.4 is 0 Å². The van der Waals surface area contributed by atoms with Gasteiger partial charge in [-0.25, -0.2) is 0 Å². The number of hydrogen-bond acceptors (Lipinski definition) is 2. The van der Waals surface area contributed by atoms with Gasteiger partial charge in [0.05, 0.1) is 17.9 Å². The third kappa shape index (κ3) is 0.603. The Kier molecular flexibility index (Phi) is 0.974. The molecule has 0 saturated heterocycles. The molecule has 0 aliphatic carbocycles. The van der Waals surface area contributed by atoms with E-state index in [0.29, 0.717) is 0 Å². The number of pyridine rings is 1. The molecular weight excluding hydrogens is 126 g/mol. The molecule has 0 N–H and O–H groups in total. The van der Waals surface area contributed by atoms with E-state index in [-0.39, 0.29) is 0 Å². The minimum Gasteiger partial charge on any atom is -0.266 e. The highest BCUT2D eigenvalue weighted by atomic mass is 15.2. The highest BCUT2D eigenvalue weighted by molar-refractivity contribution is 5.76. The average Bonchev–Trinajstić information content (AvgIpc) is 2.34. The van der Waals surface area contributed by atoms with Gasteiger partial charge in [-0.2, -0.15) is 5.10 Å². The van der Waals surface area contributed by atoms with Gasteiger partial charge in [-0.1, -0.05) is 0 Å². The van der Waals surface area contributed by atoms with Crippen molar-refractivity contribution in [3.05, 3.63) is 24.7 Å². The van der Waals surface area contributed by atoms with Crippen LogP contribution in [0.1, 0.15) is 0 Å². The summed E-state index contributed by atoms with van der Waals surface area (Å²) in [6.45, 7) is 0. The van der Waals surface area contributed by atoms with Gasteiger partial charge >= 0.3 is 0 Å². The van der Waals surface area contributed by atoms with Gasteiger partial charge in [0.25, 0.3) is 0 Å². The summed E-state index contributed by atoms with van der Waals surface area (Å²) in [5.74, 6) is 0. The van der Waals surface area contributed by atoms with E-state index in [1.807, 2.05) is 30.2 Å². The SMILES string of the molecule is Cn1ncc2ccncc21. The molecule has 10 heavy (non-hydrogen) atoms. The first-order valence-corrected chi connectivity index (χ1v) is 3.09. The Labute approximate surface area is 58.3 Å². The molecule has 0 atom stereocenters. The van der Waals surface area contributed by atoms with Crippen LogP contribution in [0.5, 0.6) is 0 Å². The minimum absolute atomic E-state index is 1.07. The summed E-state index contributed by atoms with van der Waals surface area (Å²) in [5, 5.41) is 5.21. The van der Waals surface area contributed by atoms with Gasteiger partial charge in [-0.15, -0.1) is 0 Å². The van der Waals surface area contributed by atoms with Crippen molar-refractivity contribution in [1.82, 2.24) is 14.8 Å². The maximum absolute atomic E-state index is 4.07. The van der Waals surface area contributed by atoms with E-state index in [9.17, 15) is 0 Å². The molecule has 50 valence electrons. The molecule has 0 aliphatic heterocycles. The molecule has 2 aromatic heterocycles. The molecule has 0 spiro atoms. The quantitative estimate of drug-likeness (QED) is 0.536. The zero-order valence-corrected chi connectivity index (χ0v) is 5.65. The molecule has 2 aromatic rings. The highest BCUT2D eigenvalue weighted by Gasteiger charge is 1.94. The predicted molar refractivity (Wildman–Crippen MR) is 38.5 cm³/mol. The van der Waals surface area contributed by atoms with Crippen LogP contribution in [0, 0.1) is 0 Å². The average molecular weight is 133 g/mol. The fourth-order valence-corrected chi connectivity index (χ4v) is 0.987. The first kappa shape index (κ1) is 5.41. The van der Waals surface area contributed by atoms with Crippen molar-refractivity contribution in [3.63, 3.8) is 0 Å². The fourth-order valence-electron chi connectivity index (χ4n) is 0.987. The van der Waals surface area contributed by atoms with Gasteiger partial charge in [0.2, 0.25) is 0 Å². The number of rotatable bonds is 0. The van der Waals surface area contributed by atoms with Crippen LogP contribution in [-0.2, 0) is 7.05 Å². The molecule has 0 unspecified atom stereocenters. The van der Waals surface area contributed by atoms with E-state index >= 15 is 0 Å². The standard InChI is InChI=1S/C7H7N3/c1-10-7-5-8-3-2-6(7)4-9-10/h2-5H,1H3. The van der Waals surface area contributed by atoms with E-state index in [0.717, 1.165) is 10.9 Å². The Morgan fingerprint density at radius 2 is 2.30 bits per heavy atom. The molecule has 0 aliphatic rings. The highest BCUT2D eigenvalue weighted by Crippen LogP contribution is 2.08. The summed E-state index contributed by atoms with van der Waals surface area (Å²) >= 11 is 0. The minimum atomic E-state index is 1.07. The Morgan fingerprint density at radius 1 is 1.40 bits per heavy atom.